The van der Waals surface area contributed by atoms with Crippen LogP contribution in [0, 0.1) is 5.92 Å². The van der Waals surface area contributed by atoms with Gasteiger partial charge in [-0.25, -0.2) is 0 Å². The van der Waals surface area contributed by atoms with E-state index in [1.54, 1.807) is 7.11 Å². The summed E-state index contributed by atoms with van der Waals surface area (Å²) in [5.74, 6) is 0.885. The Morgan fingerprint density at radius 1 is 1.29 bits per heavy atom. The van der Waals surface area contributed by atoms with Crippen molar-refractivity contribution in [2.75, 3.05) is 31.7 Å². The summed E-state index contributed by atoms with van der Waals surface area (Å²) >= 11 is 6.55. The molecule has 0 bridgehead atoms. The van der Waals surface area contributed by atoms with Crippen LogP contribution in [0.2, 0.25) is 5.02 Å². The molecule has 1 N–H and O–H groups in total. The molecule has 0 aliphatic heterocycles. The van der Waals surface area contributed by atoms with Crippen molar-refractivity contribution in [3.63, 3.8) is 0 Å². The van der Waals surface area contributed by atoms with Crippen molar-refractivity contribution in [1.29, 1.82) is 0 Å². The summed E-state index contributed by atoms with van der Waals surface area (Å²) in [7, 11) is 1.73. The number of rotatable bonds is 9. The summed E-state index contributed by atoms with van der Waals surface area (Å²) in [6, 6.07) is 6.99. The van der Waals surface area contributed by atoms with Crippen molar-refractivity contribution in [3.8, 4) is 0 Å². The number of ether oxygens (including phenoxy) is 1. The van der Waals surface area contributed by atoms with Crippen molar-refractivity contribution < 1.29 is 4.74 Å². The van der Waals surface area contributed by atoms with Crippen LogP contribution in [0.15, 0.2) is 18.2 Å². The molecule has 2 fully saturated rings. The monoisotopic (exact) mass is 308 g/mol. The summed E-state index contributed by atoms with van der Waals surface area (Å²) in [4.78, 5) is 2.58. The lowest BCUT2D eigenvalue weighted by molar-refractivity contribution is 0.199. The van der Waals surface area contributed by atoms with E-state index < -0.39 is 0 Å². The highest BCUT2D eigenvalue weighted by molar-refractivity contribution is 6.33. The molecule has 0 spiro atoms. The molecular formula is C17H25ClN2O. The number of anilines is 1. The number of nitrogens with one attached hydrogen (secondary N) is 1. The predicted molar refractivity (Wildman–Crippen MR) is 88.1 cm³/mol. The van der Waals surface area contributed by atoms with Crippen molar-refractivity contribution in [2.45, 2.75) is 38.3 Å². The lowest BCUT2D eigenvalue weighted by Gasteiger charge is -2.28. The van der Waals surface area contributed by atoms with E-state index in [2.05, 4.69) is 22.3 Å². The molecule has 116 valence electrons. The minimum atomic E-state index is 0.711. The van der Waals surface area contributed by atoms with Crippen LogP contribution < -0.4 is 10.2 Å². The molecule has 3 nitrogen and oxygen atoms in total. The zero-order valence-corrected chi connectivity index (χ0v) is 13.5. The van der Waals surface area contributed by atoms with Gasteiger partial charge in [0, 0.05) is 32.8 Å². The third kappa shape index (κ3) is 4.12. The van der Waals surface area contributed by atoms with Crippen LogP contribution in [0.3, 0.4) is 0 Å². The SMILES string of the molecule is COCCNCc1cccc(Cl)c1N(CC1CC1)C1CC1. The average molecular weight is 309 g/mol. The molecule has 1 aromatic carbocycles. The fourth-order valence-corrected chi connectivity index (χ4v) is 3.11. The number of methoxy groups -OCH3 is 1. The Morgan fingerprint density at radius 2 is 2.10 bits per heavy atom. The lowest BCUT2D eigenvalue weighted by Crippen LogP contribution is -2.30. The Hall–Kier alpha value is -0.770. The normalized spacial score (nSPS) is 18.0. The quantitative estimate of drug-likeness (QED) is 0.707. The molecule has 0 saturated heterocycles. The molecule has 0 amide bonds. The van der Waals surface area contributed by atoms with E-state index in [9.17, 15) is 0 Å². The van der Waals surface area contributed by atoms with E-state index in [0.717, 1.165) is 30.6 Å². The van der Waals surface area contributed by atoms with Crippen LogP contribution in [-0.4, -0.2) is 32.8 Å². The maximum atomic E-state index is 6.55. The molecule has 2 aliphatic rings. The van der Waals surface area contributed by atoms with Gasteiger partial charge in [0.2, 0.25) is 0 Å². The maximum Gasteiger partial charge on any atom is 0.0643 e. The number of hydrogen-bond donors (Lipinski definition) is 1. The minimum absolute atomic E-state index is 0.711. The minimum Gasteiger partial charge on any atom is -0.383 e. The fourth-order valence-electron chi connectivity index (χ4n) is 2.81. The third-order valence-electron chi connectivity index (χ3n) is 4.30. The predicted octanol–water partition coefficient (Wildman–Crippen LogP) is 3.45. The first-order chi connectivity index (χ1) is 10.3. The topological polar surface area (TPSA) is 24.5 Å². The first-order valence-electron chi connectivity index (χ1n) is 8.03. The Labute approximate surface area is 132 Å². The average Bonchev–Trinajstić information content (AvgIpc) is 3.36. The Balaban J connectivity index is 1.74. The molecule has 21 heavy (non-hydrogen) atoms. The second kappa shape index (κ2) is 6.99. The van der Waals surface area contributed by atoms with Gasteiger partial charge in [-0.15, -0.1) is 0 Å². The van der Waals surface area contributed by atoms with E-state index in [4.69, 9.17) is 16.3 Å². The van der Waals surface area contributed by atoms with Crippen molar-refractivity contribution in [3.05, 3.63) is 28.8 Å². The van der Waals surface area contributed by atoms with Crippen molar-refractivity contribution in [1.82, 2.24) is 5.32 Å². The van der Waals surface area contributed by atoms with Crippen LogP contribution in [-0.2, 0) is 11.3 Å². The Bertz CT molecular complexity index is 472. The van der Waals surface area contributed by atoms with Crippen LogP contribution >= 0.6 is 11.6 Å². The van der Waals surface area contributed by atoms with E-state index in [1.165, 1.54) is 43.5 Å². The summed E-state index contributed by atoms with van der Waals surface area (Å²) in [5.41, 5.74) is 2.57. The molecular weight excluding hydrogens is 284 g/mol. The molecule has 0 aromatic heterocycles. The van der Waals surface area contributed by atoms with Crippen LogP contribution in [0.1, 0.15) is 31.2 Å². The first-order valence-corrected chi connectivity index (χ1v) is 8.41. The van der Waals surface area contributed by atoms with Gasteiger partial charge >= 0.3 is 0 Å². The number of benzene rings is 1. The number of halogens is 1. The summed E-state index contributed by atoms with van der Waals surface area (Å²) < 4.78 is 5.09. The molecule has 2 saturated carbocycles. The van der Waals surface area contributed by atoms with E-state index in [1.807, 2.05) is 6.07 Å². The van der Waals surface area contributed by atoms with Gasteiger partial charge in [-0.05, 0) is 43.2 Å². The Kier molecular flexibility index (Phi) is 5.04. The second-order valence-electron chi connectivity index (χ2n) is 6.24. The molecule has 0 heterocycles. The van der Waals surface area contributed by atoms with Gasteiger partial charge in [-0.3, -0.25) is 0 Å². The van der Waals surface area contributed by atoms with Gasteiger partial charge in [0.1, 0.15) is 0 Å². The second-order valence-corrected chi connectivity index (χ2v) is 6.65. The van der Waals surface area contributed by atoms with Gasteiger partial charge in [0.25, 0.3) is 0 Å². The highest BCUT2D eigenvalue weighted by Gasteiger charge is 2.35. The van der Waals surface area contributed by atoms with Gasteiger partial charge in [0.05, 0.1) is 17.3 Å². The van der Waals surface area contributed by atoms with Crippen molar-refractivity contribution in [2.24, 2.45) is 5.92 Å². The van der Waals surface area contributed by atoms with E-state index in [0.29, 0.717) is 6.04 Å². The molecule has 3 rings (SSSR count). The lowest BCUT2D eigenvalue weighted by atomic mass is 10.1. The van der Waals surface area contributed by atoms with E-state index >= 15 is 0 Å². The highest BCUT2D eigenvalue weighted by atomic mass is 35.5. The Morgan fingerprint density at radius 3 is 2.76 bits per heavy atom. The smallest absolute Gasteiger partial charge is 0.0643 e. The first kappa shape index (κ1) is 15.1. The number of hydrogen-bond acceptors (Lipinski definition) is 3. The molecule has 0 radical (unpaired) electrons. The molecule has 4 heteroatoms. The number of nitrogens with zero attached hydrogens (tertiary/aromatic N) is 1. The van der Waals surface area contributed by atoms with Crippen LogP contribution in [0.25, 0.3) is 0 Å². The van der Waals surface area contributed by atoms with Crippen molar-refractivity contribution >= 4 is 17.3 Å². The van der Waals surface area contributed by atoms with E-state index in [-0.39, 0.29) is 0 Å². The molecule has 0 atom stereocenters. The van der Waals surface area contributed by atoms with Gasteiger partial charge < -0.3 is 15.0 Å². The largest absolute Gasteiger partial charge is 0.383 e. The van der Waals surface area contributed by atoms with Crippen LogP contribution in [0.4, 0.5) is 5.69 Å². The zero-order valence-electron chi connectivity index (χ0n) is 12.8. The molecule has 1 aromatic rings. The summed E-state index contributed by atoms with van der Waals surface area (Å²) in [6.45, 7) is 3.64. The molecule has 2 aliphatic carbocycles. The van der Waals surface area contributed by atoms with Crippen LogP contribution in [0.5, 0.6) is 0 Å². The highest BCUT2D eigenvalue weighted by Crippen LogP contribution is 2.41. The zero-order chi connectivity index (χ0) is 14.7. The summed E-state index contributed by atoms with van der Waals surface area (Å²) in [5, 5.41) is 4.34. The molecule has 0 unspecified atom stereocenters. The summed E-state index contributed by atoms with van der Waals surface area (Å²) in [6.07, 6.45) is 5.40. The number of para-hydroxylation sites is 1. The maximum absolute atomic E-state index is 6.55. The van der Waals surface area contributed by atoms with Gasteiger partial charge in [-0.1, -0.05) is 23.7 Å². The third-order valence-corrected chi connectivity index (χ3v) is 4.60. The van der Waals surface area contributed by atoms with Gasteiger partial charge in [-0.2, -0.15) is 0 Å². The van der Waals surface area contributed by atoms with Gasteiger partial charge in [0.15, 0.2) is 0 Å². The fraction of sp³-hybridized carbons (Fsp3) is 0.647. The standard InChI is InChI=1S/C17H25ClN2O/c1-21-10-9-19-11-14-3-2-4-16(18)17(14)20(15-7-8-15)12-13-5-6-13/h2-4,13,15,19H,5-12H2,1H3.